The van der Waals surface area contributed by atoms with E-state index in [0.717, 1.165) is 17.8 Å². The molecule has 0 amide bonds. The van der Waals surface area contributed by atoms with Crippen LogP contribution in [0.25, 0.3) is 0 Å². The summed E-state index contributed by atoms with van der Waals surface area (Å²) in [6.45, 7) is 2.38. The van der Waals surface area contributed by atoms with Crippen LogP contribution < -0.4 is 0 Å². The molecule has 0 heteroatoms. The molecule has 1 unspecified atom stereocenters. The fraction of sp³-hybridized carbons (Fsp3) is 0.750. The van der Waals surface area contributed by atoms with Crippen LogP contribution in [-0.4, -0.2) is 0 Å². The summed E-state index contributed by atoms with van der Waals surface area (Å²) in [5.41, 5.74) is 0. The molecular weight excluding hydrogens is 96.1 g/mol. The molecule has 0 spiro atoms. The number of allylic oxidation sites excluding steroid dienone is 2. The van der Waals surface area contributed by atoms with Crippen molar-refractivity contribution in [2.45, 2.75) is 19.8 Å². The largest absolute Gasteiger partial charge is 0.0848 e. The molecule has 0 N–H and O–H groups in total. The highest BCUT2D eigenvalue weighted by molar-refractivity contribution is 5.10. The Labute approximate surface area is 50.6 Å². The smallest absolute Gasteiger partial charge is 0.0202 e. The normalized spacial score (nSPS) is 50.9. The summed E-state index contributed by atoms with van der Waals surface area (Å²) in [5, 5.41) is 0. The van der Waals surface area contributed by atoms with Gasteiger partial charge in [0.2, 0.25) is 0 Å². The predicted octanol–water partition coefficient (Wildman–Crippen LogP) is 2.22. The lowest BCUT2D eigenvalue weighted by molar-refractivity contribution is 0.474. The second kappa shape index (κ2) is 1.37. The summed E-state index contributed by atoms with van der Waals surface area (Å²) in [6, 6.07) is 0. The quantitative estimate of drug-likeness (QED) is 0.417. The van der Waals surface area contributed by atoms with E-state index < -0.39 is 0 Å². The summed E-state index contributed by atoms with van der Waals surface area (Å²) in [5.74, 6) is 2.90. The molecule has 1 saturated carbocycles. The third-order valence-corrected chi connectivity index (χ3v) is 2.79. The van der Waals surface area contributed by atoms with Crippen molar-refractivity contribution in [3.8, 4) is 0 Å². The minimum atomic E-state index is 0.958. The van der Waals surface area contributed by atoms with E-state index in [1.165, 1.54) is 12.8 Å². The van der Waals surface area contributed by atoms with Gasteiger partial charge in [0.1, 0.15) is 0 Å². The van der Waals surface area contributed by atoms with Crippen molar-refractivity contribution in [1.82, 2.24) is 0 Å². The number of rotatable bonds is 0. The van der Waals surface area contributed by atoms with E-state index in [1.54, 1.807) is 0 Å². The van der Waals surface area contributed by atoms with Crippen LogP contribution in [0.4, 0.5) is 0 Å². The van der Waals surface area contributed by atoms with Gasteiger partial charge in [-0.15, -0.1) is 0 Å². The number of fused-ring (bicyclic) bond motifs is 2. The molecule has 0 aromatic carbocycles. The molecule has 0 aliphatic heterocycles. The van der Waals surface area contributed by atoms with Crippen LogP contribution in [-0.2, 0) is 0 Å². The van der Waals surface area contributed by atoms with Crippen LogP contribution in [0.15, 0.2) is 12.2 Å². The van der Waals surface area contributed by atoms with Gasteiger partial charge in [-0.3, -0.25) is 0 Å². The van der Waals surface area contributed by atoms with E-state index >= 15 is 0 Å². The zero-order valence-electron chi connectivity index (χ0n) is 5.30. The van der Waals surface area contributed by atoms with Crippen molar-refractivity contribution in [2.75, 3.05) is 0 Å². The first-order chi connectivity index (χ1) is 3.88. The standard InChI is InChI=1S/C8H12/c1-6-7-2-3-8(6)5-4-7/h2-3,6-8H,4-5H2,1H3/t6?,7-,8+. The molecule has 2 bridgehead atoms. The minimum Gasteiger partial charge on any atom is -0.0848 e. The molecule has 2 rings (SSSR count). The zero-order valence-corrected chi connectivity index (χ0v) is 5.30. The van der Waals surface area contributed by atoms with Crippen LogP contribution in [0, 0.1) is 17.8 Å². The van der Waals surface area contributed by atoms with Crippen molar-refractivity contribution in [3.63, 3.8) is 0 Å². The molecule has 2 aliphatic carbocycles. The Morgan fingerprint density at radius 1 is 1.12 bits per heavy atom. The molecule has 44 valence electrons. The summed E-state index contributed by atoms with van der Waals surface area (Å²) in [7, 11) is 0. The van der Waals surface area contributed by atoms with Gasteiger partial charge < -0.3 is 0 Å². The maximum Gasteiger partial charge on any atom is -0.0202 e. The lowest BCUT2D eigenvalue weighted by Crippen LogP contribution is -1.99. The van der Waals surface area contributed by atoms with E-state index in [2.05, 4.69) is 19.1 Å². The fourth-order valence-corrected chi connectivity index (χ4v) is 2.06. The Morgan fingerprint density at radius 2 is 1.62 bits per heavy atom. The highest BCUT2D eigenvalue weighted by Crippen LogP contribution is 2.43. The van der Waals surface area contributed by atoms with E-state index in [4.69, 9.17) is 0 Å². The molecule has 0 radical (unpaired) electrons. The molecule has 8 heavy (non-hydrogen) atoms. The minimum absolute atomic E-state index is 0.958. The van der Waals surface area contributed by atoms with Gasteiger partial charge in [-0.05, 0) is 30.6 Å². The molecule has 3 atom stereocenters. The first-order valence-corrected chi connectivity index (χ1v) is 3.56. The van der Waals surface area contributed by atoms with Crippen LogP contribution in [0.3, 0.4) is 0 Å². The lowest BCUT2D eigenvalue weighted by Gasteiger charge is -2.05. The Morgan fingerprint density at radius 3 is 1.75 bits per heavy atom. The Bertz CT molecular complexity index is 110. The Kier molecular flexibility index (Phi) is 0.787. The van der Waals surface area contributed by atoms with Crippen molar-refractivity contribution in [1.29, 1.82) is 0 Å². The molecule has 2 aliphatic rings. The lowest BCUT2D eigenvalue weighted by atomic mass is 10.00. The Hall–Kier alpha value is -0.260. The van der Waals surface area contributed by atoms with Crippen molar-refractivity contribution < 1.29 is 0 Å². The van der Waals surface area contributed by atoms with Gasteiger partial charge in [0.15, 0.2) is 0 Å². The van der Waals surface area contributed by atoms with Crippen molar-refractivity contribution in [3.05, 3.63) is 12.2 Å². The van der Waals surface area contributed by atoms with Crippen LogP contribution in [0.2, 0.25) is 0 Å². The maximum absolute atomic E-state index is 2.40. The SMILES string of the molecule is CC1[C@@H]2C=C[C@H]1CC2. The first kappa shape index (κ1) is 4.60. The number of hydrogen-bond acceptors (Lipinski definition) is 0. The van der Waals surface area contributed by atoms with Crippen LogP contribution in [0.1, 0.15) is 19.8 Å². The summed E-state index contributed by atoms with van der Waals surface area (Å²) in [4.78, 5) is 0. The van der Waals surface area contributed by atoms with Gasteiger partial charge >= 0.3 is 0 Å². The highest BCUT2D eigenvalue weighted by atomic mass is 14.4. The van der Waals surface area contributed by atoms with E-state index in [0.29, 0.717) is 0 Å². The monoisotopic (exact) mass is 108 g/mol. The summed E-state index contributed by atoms with van der Waals surface area (Å²) in [6.07, 6.45) is 7.72. The molecular formula is C8H12. The molecule has 0 aromatic rings. The zero-order chi connectivity index (χ0) is 5.56. The Balaban J connectivity index is 2.27. The van der Waals surface area contributed by atoms with Crippen LogP contribution >= 0.6 is 0 Å². The fourth-order valence-electron chi connectivity index (χ4n) is 2.06. The number of hydrogen-bond donors (Lipinski definition) is 0. The molecule has 0 aromatic heterocycles. The van der Waals surface area contributed by atoms with Gasteiger partial charge in [-0.2, -0.15) is 0 Å². The van der Waals surface area contributed by atoms with Gasteiger partial charge in [0.25, 0.3) is 0 Å². The third-order valence-electron chi connectivity index (χ3n) is 2.79. The van der Waals surface area contributed by atoms with Gasteiger partial charge in [0, 0.05) is 0 Å². The van der Waals surface area contributed by atoms with Crippen molar-refractivity contribution in [2.24, 2.45) is 17.8 Å². The van der Waals surface area contributed by atoms with Gasteiger partial charge in [-0.25, -0.2) is 0 Å². The predicted molar refractivity (Wildman–Crippen MR) is 34.5 cm³/mol. The van der Waals surface area contributed by atoms with Gasteiger partial charge in [0.05, 0.1) is 0 Å². The second-order valence-electron chi connectivity index (χ2n) is 3.15. The van der Waals surface area contributed by atoms with Crippen molar-refractivity contribution >= 4 is 0 Å². The molecule has 0 heterocycles. The van der Waals surface area contributed by atoms with Crippen LogP contribution in [0.5, 0.6) is 0 Å². The highest BCUT2D eigenvalue weighted by Gasteiger charge is 2.33. The second-order valence-corrected chi connectivity index (χ2v) is 3.15. The van der Waals surface area contributed by atoms with E-state index in [9.17, 15) is 0 Å². The first-order valence-electron chi connectivity index (χ1n) is 3.56. The molecule has 1 fully saturated rings. The summed E-state index contributed by atoms with van der Waals surface area (Å²) >= 11 is 0. The average Bonchev–Trinajstić information content (AvgIpc) is 2.29. The third kappa shape index (κ3) is 0.410. The van der Waals surface area contributed by atoms with E-state index in [-0.39, 0.29) is 0 Å². The molecule has 0 saturated heterocycles. The molecule has 0 nitrogen and oxygen atoms in total. The topological polar surface area (TPSA) is 0 Å². The van der Waals surface area contributed by atoms with E-state index in [1.807, 2.05) is 0 Å². The average molecular weight is 108 g/mol. The maximum atomic E-state index is 2.40. The summed E-state index contributed by atoms with van der Waals surface area (Å²) < 4.78 is 0. The van der Waals surface area contributed by atoms with Gasteiger partial charge in [-0.1, -0.05) is 19.1 Å².